The summed E-state index contributed by atoms with van der Waals surface area (Å²) < 4.78 is 36.3. The fraction of sp³-hybridized carbons (Fsp3) is 0.692. The maximum Gasteiger partial charge on any atom is 0.469 e. The van der Waals surface area contributed by atoms with E-state index in [2.05, 4.69) is 14.7 Å². The van der Waals surface area contributed by atoms with Crippen molar-refractivity contribution in [2.75, 3.05) is 37.6 Å². The van der Waals surface area contributed by atoms with Gasteiger partial charge in [-0.25, -0.2) is 8.96 Å². The largest absolute Gasteiger partial charge is 0.488 e. The maximum absolute atomic E-state index is 14.1. The first-order valence-electron chi connectivity index (χ1n) is 13.8. The van der Waals surface area contributed by atoms with Gasteiger partial charge in [0.15, 0.2) is 0 Å². The monoisotopic (exact) mass is 585 g/mol. The van der Waals surface area contributed by atoms with Gasteiger partial charge in [-0.2, -0.15) is 0 Å². The van der Waals surface area contributed by atoms with Crippen LogP contribution in [0.4, 0.5) is 10.1 Å². The maximum atomic E-state index is 14.1. The number of carbonyl (C=O) groups is 2. The molecule has 5 N–H and O–H groups in total. The van der Waals surface area contributed by atoms with Gasteiger partial charge < -0.3 is 29.6 Å². The molecule has 0 aromatic heterocycles. The Balaban J connectivity index is 1.20. The third-order valence-electron chi connectivity index (χ3n) is 8.71. The molecule has 2 heterocycles. The quantitative estimate of drug-likeness (QED) is 0.206. The number of imide groups is 1. The summed E-state index contributed by atoms with van der Waals surface area (Å²) >= 11 is 0. The van der Waals surface area contributed by atoms with Crippen molar-refractivity contribution in [3.63, 3.8) is 0 Å². The third kappa shape index (κ3) is 6.35. The predicted octanol–water partition coefficient (Wildman–Crippen LogP) is 0.912. The van der Waals surface area contributed by atoms with E-state index in [-0.39, 0.29) is 37.7 Å². The van der Waals surface area contributed by atoms with Crippen LogP contribution >= 0.6 is 7.82 Å². The number of rotatable bonds is 9. The van der Waals surface area contributed by atoms with Crippen LogP contribution in [0, 0.1) is 17.2 Å². The number of benzene rings is 1. The van der Waals surface area contributed by atoms with E-state index in [1.807, 2.05) is 4.90 Å². The Bertz CT molecular complexity index is 1150. The summed E-state index contributed by atoms with van der Waals surface area (Å²) in [5.74, 6) is -1.88. The van der Waals surface area contributed by atoms with Crippen molar-refractivity contribution in [1.82, 2.24) is 10.2 Å². The minimum absolute atomic E-state index is 0.0988. The SMILES string of the molecule is O=C1NC(=O)C2(CC(O)CN3CCN(c4cc(F)ccc4OC4CCCC4)CC3)CC(O)C(OP(=O)(O)O)CC12. The number of phosphoric acid groups is 1. The zero-order valence-corrected chi connectivity index (χ0v) is 23.0. The molecule has 4 fully saturated rings. The third-order valence-corrected chi connectivity index (χ3v) is 9.26. The van der Waals surface area contributed by atoms with Gasteiger partial charge in [0.1, 0.15) is 11.6 Å². The summed E-state index contributed by atoms with van der Waals surface area (Å²) in [7, 11) is -4.92. The number of anilines is 1. The summed E-state index contributed by atoms with van der Waals surface area (Å²) in [4.78, 5) is 47.8. The molecule has 12 nitrogen and oxygen atoms in total. The van der Waals surface area contributed by atoms with Crippen LogP contribution in [-0.4, -0.2) is 93.9 Å². The Labute approximate surface area is 231 Å². The highest BCUT2D eigenvalue weighted by atomic mass is 31.2. The van der Waals surface area contributed by atoms with Crippen LogP contribution < -0.4 is 15.0 Å². The lowest BCUT2D eigenvalue weighted by Gasteiger charge is -2.43. The summed E-state index contributed by atoms with van der Waals surface area (Å²) in [6.45, 7) is 2.50. The van der Waals surface area contributed by atoms with Gasteiger partial charge in [-0.1, -0.05) is 0 Å². The van der Waals surface area contributed by atoms with Gasteiger partial charge >= 0.3 is 7.82 Å². The van der Waals surface area contributed by atoms with Crippen LogP contribution in [0.5, 0.6) is 5.75 Å². The number of fused-ring (bicyclic) bond motifs is 1. The first kappa shape index (κ1) is 29.4. The van der Waals surface area contributed by atoms with Crippen molar-refractivity contribution in [3.05, 3.63) is 24.0 Å². The summed E-state index contributed by atoms with van der Waals surface area (Å²) in [6.07, 6.45) is 0.0239. The zero-order valence-electron chi connectivity index (χ0n) is 22.2. The molecule has 5 unspecified atom stereocenters. The average Bonchev–Trinajstić information content (AvgIpc) is 3.46. The number of aliphatic hydroxyl groups is 2. The molecule has 1 aromatic rings. The summed E-state index contributed by atoms with van der Waals surface area (Å²) in [5.41, 5.74) is -0.696. The Morgan fingerprint density at radius 1 is 1.15 bits per heavy atom. The second-order valence-electron chi connectivity index (χ2n) is 11.5. The second-order valence-corrected chi connectivity index (χ2v) is 12.6. The molecular formula is C26H37FN3O9P. The van der Waals surface area contributed by atoms with Crippen molar-refractivity contribution in [2.45, 2.75) is 69.4 Å². The van der Waals surface area contributed by atoms with E-state index in [4.69, 9.17) is 14.5 Å². The number of nitrogens with one attached hydrogen (secondary N) is 1. The minimum Gasteiger partial charge on any atom is -0.488 e. The van der Waals surface area contributed by atoms with E-state index in [9.17, 15) is 28.8 Å². The number of β-amino-alcohol motifs (C(OH)–C–C–N with tert-alkyl or cyclic N) is 1. The van der Waals surface area contributed by atoms with Gasteiger partial charge in [-0.15, -0.1) is 0 Å². The van der Waals surface area contributed by atoms with E-state index in [1.165, 1.54) is 12.1 Å². The molecular weight excluding hydrogens is 548 g/mol. The minimum atomic E-state index is -4.92. The van der Waals surface area contributed by atoms with E-state index < -0.39 is 49.3 Å². The molecule has 2 aliphatic carbocycles. The zero-order chi connectivity index (χ0) is 28.7. The number of carbonyl (C=O) groups excluding carboxylic acids is 2. The molecule has 5 atom stereocenters. The lowest BCUT2D eigenvalue weighted by atomic mass is 9.63. The van der Waals surface area contributed by atoms with Crippen molar-refractivity contribution in [1.29, 1.82) is 0 Å². The highest BCUT2D eigenvalue weighted by Crippen LogP contribution is 2.52. The molecule has 0 spiro atoms. The number of hydrogen-bond acceptors (Lipinski definition) is 9. The highest BCUT2D eigenvalue weighted by Gasteiger charge is 2.61. The molecule has 2 aliphatic heterocycles. The van der Waals surface area contributed by atoms with Crippen molar-refractivity contribution in [2.24, 2.45) is 11.3 Å². The molecule has 4 aliphatic rings. The molecule has 0 radical (unpaired) electrons. The molecule has 2 amide bonds. The van der Waals surface area contributed by atoms with E-state index in [1.54, 1.807) is 6.07 Å². The number of ether oxygens (including phenoxy) is 1. The lowest BCUT2D eigenvalue weighted by Crippen LogP contribution is -2.52. The molecule has 2 saturated heterocycles. The molecule has 1 aromatic carbocycles. The Kier molecular flexibility index (Phi) is 8.54. The van der Waals surface area contributed by atoms with Gasteiger partial charge in [-0.3, -0.25) is 24.3 Å². The smallest absolute Gasteiger partial charge is 0.469 e. The molecule has 222 valence electrons. The number of piperazine rings is 1. The van der Waals surface area contributed by atoms with Crippen LogP contribution in [0.3, 0.4) is 0 Å². The topological polar surface area (TPSA) is 169 Å². The number of phosphoric ester groups is 1. The second kappa shape index (κ2) is 11.6. The van der Waals surface area contributed by atoms with E-state index in [0.717, 1.165) is 25.7 Å². The standard InChI is InChI=1S/C26H37FN3O9P/c27-16-5-6-22(38-18-3-1-2-4-18)20(11-16)30-9-7-29(8-10-30)15-17(31)13-26-14-21(32)23(39-40(35,36)37)12-19(26)24(33)28-25(26)34/h5-6,11,17-19,21,23,31-32H,1-4,7-10,12-15H2,(H,28,33,34)(H2,35,36,37). The number of aliphatic hydroxyl groups excluding tert-OH is 2. The van der Waals surface area contributed by atoms with Crippen LogP contribution in [-0.2, 0) is 18.7 Å². The van der Waals surface area contributed by atoms with Crippen molar-refractivity contribution < 1.29 is 47.8 Å². The van der Waals surface area contributed by atoms with Crippen LogP contribution in [0.2, 0.25) is 0 Å². The van der Waals surface area contributed by atoms with Crippen LogP contribution in [0.1, 0.15) is 44.9 Å². The Hall–Kier alpha value is -2.12. The highest BCUT2D eigenvalue weighted by molar-refractivity contribution is 7.46. The van der Waals surface area contributed by atoms with Crippen LogP contribution in [0.25, 0.3) is 0 Å². The number of hydrogen-bond donors (Lipinski definition) is 5. The molecule has 2 saturated carbocycles. The van der Waals surface area contributed by atoms with Gasteiger partial charge in [-0.05, 0) is 57.1 Å². The van der Waals surface area contributed by atoms with E-state index >= 15 is 0 Å². The summed E-state index contributed by atoms with van der Waals surface area (Å²) in [5, 5.41) is 23.8. The summed E-state index contributed by atoms with van der Waals surface area (Å²) in [6, 6.07) is 4.57. The first-order chi connectivity index (χ1) is 18.9. The first-order valence-corrected chi connectivity index (χ1v) is 15.4. The molecule has 14 heteroatoms. The Morgan fingerprint density at radius 3 is 2.52 bits per heavy atom. The lowest BCUT2D eigenvalue weighted by molar-refractivity contribution is -0.144. The predicted molar refractivity (Wildman–Crippen MR) is 140 cm³/mol. The number of amides is 2. The normalized spacial score (nSPS) is 30.8. The number of nitrogens with zero attached hydrogens (tertiary/aromatic N) is 2. The molecule has 40 heavy (non-hydrogen) atoms. The average molecular weight is 586 g/mol. The van der Waals surface area contributed by atoms with Gasteiger partial charge in [0.05, 0.1) is 41.4 Å². The fourth-order valence-electron chi connectivity index (χ4n) is 6.78. The van der Waals surface area contributed by atoms with Crippen LogP contribution in [0.15, 0.2) is 18.2 Å². The Morgan fingerprint density at radius 2 is 1.85 bits per heavy atom. The van der Waals surface area contributed by atoms with Crippen molar-refractivity contribution in [3.8, 4) is 5.75 Å². The number of halogens is 1. The molecule has 5 rings (SSSR count). The van der Waals surface area contributed by atoms with Gasteiger partial charge in [0.2, 0.25) is 11.8 Å². The van der Waals surface area contributed by atoms with Gasteiger partial charge in [0.25, 0.3) is 0 Å². The fourth-order valence-corrected chi connectivity index (χ4v) is 7.36. The molecule has 0 bridgehead atoms. The van der Waals surface area contributed by atoms with Crippen molar-refractivity contribution >= 4 is 25.3 Å². The van der Waals surface area contributed by atoms with Gasteiger partial charge in [0, 0.05) is 38.8 Å². The van der Waals surface area contributed by atoms with E-state index in [0.29, 0.717) is 37.6 Å².